The third-order valence-corrected chi connectivity index (χ3v) is 4.63. The Morgan fingerprint density at radius 2 is 1.91 bits per heavy atom. The van der Waals surface area contributed by atoms with E-state index < -0.39 is 12.0 Å². The highest BCUT2D eigenvalue weighted by Gasteiger charge is 2.43. The number of hydrogen-bond acceptors (Lipinski definition) is 4. The molecule has 0 radical (unpaired) electrons. The van der Waals surface area contributed by atoms with Gasteiger partial charge in [-0.15, -0.1) is 24.8 Å². The molecule has 3 fully saturated rings. The SMILES string of the molecule is Cl.Cl.O=C(C1CC(F)(F)CN1)N1CCN(CC2CCOC2)CC1. The van der Waals surface area contributed by atoms with E-state index in [1.165, 1.54) is 0 Å². The molecule has 2 unspecified atom stereocenters. The molecule has 0 aliphatic carbocycles. The minimum absolute atomic E-state index is 0. The van der Waals surface area contributed by atoms with Gasteiger partial charge in [-0.1, -0.05) is 0 Å². The summed E-state index contributed by atoms with van der Waals surface area (Å²) in [6.07, 6.45) is 0.742. The first-order chi connectivity index (χ1) is 10.0. The van der Waals surface area contributed by atoms with Crippen LogP contribution in [0.15, 0.2) is 0 Å². The molecule has 0 spiro atoms. The number of nitrogens with one attached hydrogen (secondary N) is 1. The van der Waals surface area contributed by atoms with Crippen LogP contribution in [0, 0.1) is 5.92 Å². The van der Waals surface area contributed by atoms with Crippen molar-refractivity contribution in [2.24, 2.45) is 5.92 Å². The van der Waals surface area contributed by atoms with E-state index in [0.29, 0.717) is 19.0 Å². The first kappa shape index (κ1) is 20.8. The molecule has 5 nitrogen and oxygen atoms in total. The predicted octanol–water partition coefficient (Wildman–Crippen LogP) is 1.01. The van der Waals surface area contributed by atoms with Gasteiger partial charge in [-0.25, -0.2) is 8.78 Å². The summed E-state index contributed by atoms with van der Waals surface area (Å²) in [5.41, 5.74) is 0. The lowest BCUT2D eigenvalue weighted by Gasteiger charge is -2.36. The molecule has 136 valence electrons. The van der Waals surface area contributed by atoms with Gasteiger partial charge in [0.05, 0.1) is 19.2 Å². The zero-order chi connectivity index (χ0) is 14.9. The second-order valence-corrected chi connectivity index (χ2v) is 6.35. The molecule has 0 bridgehead atoms. The maximum Gasteiger partial charge on any atom is 0.262 e. The zero-order valence-electron chi connectivity index (χ0n) is 13.0. The average Bonchev–Trinajstić information content (AvgIpc) is 3.08. The van der Waals surface area contributed by atoms with Crippen LogP contribution < -0.4 is 5.32 Å². The molecule has 3 aliphatic heterocycles. The largest absolute Gasteiger partial charge is 0.381 e. The lowest BCUT2D eigenvalue weighted by molar-refractivity contribution is -0.135. The van der Waals surface area contributed by atoms with E-state index in [0.717, 1.165) is 39.3 Å². The van der Waals surface area contributed by atoms with Crippen LogP contribution in [-0.2, 0) is 9.53 Å². The predicted molar refractivity (Wildman–Crippen MR) is 87.8 cm³/mol. The minimum atomic E-state index is -2.75. The van der Waals surface area contributed by atoms with Gasteiger partial charge in [0.2, 0.25) is 5.91 Å². The minimum Gasteiger partial charge on any atom is -0.381 e. The van der Waals surface area contributed by atoms with E-state index in [4.69, 9.17) is 4.74 Å². The molecule has 3 heterocycles. The van der Waals surface area contributed by atoms with Crippen molar-refractivity contribution in [3.63, 3.8) is 0 Å². The molecule has 3 saturated heterocycles. The van der Waals surface area contributed by atoms with Crippen LogP contribution in [0.2, 0.25) is 0 Å². The fraction of sp³-hybridized carbons (Fsp3) is 0.929. The van der Waals surface area contributed by atoms with Gasteiger partial charge in [0.15, 0.2) is 0 Å². The summed E-state index contributed by atoms with van der Waals surface area (Å²) >= 11 is 0. The van der Waals surface area contributed by atoms with Gasteiger partial charge in [0.25, 0.3) is 5.92 Å². The first-order valence-corrected chi connectivity index (χ1v) is 7.74. The molecule has 23 heavy (non-hydrogen) atoms. The van der Waals surface area contributed by atoms with Crippen molar-refractivity contribution in [2.45, 2.75) is 24.8 Å². The van der Waals surface area contributed by atoms with Crippen molar-refractivity contribution in [3.05, 3.63) is 0 Å². The van der Waals surface area contributed by atoms with Crippen molar-refractivity contribution in [1.82, 2.24) is 15.1 Å². The van der Waals surface area contributed by atoms with Crippen molar-refractivity contribution in [1.29, 1.82) is 0 Å². The topological polar surface area (TPSA) is 44.8 Å². The van der Waals surface area contributed by atoms with Crippen molar-refractivity contribution < 1.29 is 18.3 Å². The summed E-state index contributed by atoms with van der Waals surface area (Å²) < 4.78 is 31.7. The zero-order valence-corrected chi connectivity index (χ0v) is 14.6. The molecule has 0 aromatic heterocycles. The molecule has 1 N–H and O–H groups in total. The quantitative estimate of drug-likeness (QED) is 0.799. The van der Waals surface area contributed by atoms with Crippen LogP contribution in [0.3, 0.4) is 0 Å². The second kappa shape index (κ2) is 8.76. The van der Waals surface area contributed by atoms with Crippen LogP contribution >= 0.6 is 24.8 Å². The Kier molecular flexibility index (Phi) is 7.93. The van der Waals surface area contributed by atoms with Crippen LogP contribution in [0.1, 0.15) is 12.8 Å². The Balaban J connectivity index is 0.00000132. The number of carbonyl (C=O) groups is 1. The highest BCUT2D eigenvalue weighted by Crippen LogP contribution is 2.26. The Morgan fingerprint density at radius 3 is 2.43 bits per heavy atom. The van der Waals surface area contributed by atoms with Crippen molar-refractivity contribution in [2.75, 3.05) is 52.5 Å². The number of alkyl halides is 2. The summed E-state index contributed by atoms with van der Waals surface area (Å²) in [4.78, 5) is 16.3. The van der Waals surface area contributed by atoms with E-state index in [9.17, 15) is 13.6 Å². The van der Waals surface area contributed by atoms with Gasteiger partial charge in [0.1, 0.15) is 0 Å². The van der Waals surface area contributed by atoms with Gasteiger partial charge >= 0.3 is 0 Å². The van der Waals surface area contributed by atoms with Crippen LogP contribution in [-0.4, -0.2) is 80.2 Å². The molecular formula is C14H25Cl2F2N3O2. The van der Waals surface area contributed by atoms with Crippen molar-refractivity contribution >= 4 is 30.7 Å². The van der Waals surface area contributed by atoms with Gasteiger partial charge in [-0.3, -0.25) is 15.0 Å². The molecule has 0 aromatic carbocycles. The van der Waals surface area contributed by atoms with Crippen LogP contribution in [0.4, 0.5) is 8.78 Å². The number of nitrogens with zero attached hydrogens (tertiary/aromatic N) is 2. The maximum absolute atomic E-state index is 13.2. The number of carbonyl (C=O) groups excluding carboxylic acids is 1. The third kappa shape index (κ3) is 5.39. The fourth-order valence-corrected chi connectivity index (χ4v) is 3.35. The third-order valence-electron chi connectivity index (χ3n) is 4.63. The normalized spacial score (nSPS) is 30.6. The number of halogens is 4. The van der Waals surface area contributed by atoms with Gasteiger partial charge in [-0.2, -0.15) is 0 Å². The summed E-state index contributed by atoms with van der Waals surface area (Å²) in [5.74, 6) is -2.32. The molecular weight excluding hydrogens is 351 g/mol. The summed E-state index contributed by atoms with van der Waals surface area (Å²) in [6.45, 7) is 5.24. The second-order valence-electron chi connectivity index (χ2n) is 6.35. The summed E-state index contributed by atoms with van der Waals surface area (Å²) in [7, 11) is 0. The van der Waals surface area contributed by atoms with E-state index in [2.05, 4.69) is 10.2 Å². The van der Waals surface area contributed by atoms with Gasteiger partial charge < -0.3 is 9.64 Å². The number of amides is 1. The fourth-order valence-electron chi connectivity index (χ4n) is 3.35. The molecule has 9 heteroatoms. The van der Waals surface area contributed by atoms with Gasteiger partial charge in [-0.05, 0) is 12.3 Å². The number of piperazine rings is 1. The van der Waals surface area contributed by atoms with E-state index in [1.807, 2.05) is 0 Å². The van der Waals surface area contributed by atoms with Gasteiger partial charge in [0, 0.05) is 45.8 Å². The number of ether oxygens (including phenoxy) is 1. The molecule has 0 aromatic rings. The monoisotopic (exact) mass is 375 g/mol. The summed E-state index contributed by atoms with van der Waals surface area (Å²) in [5, 5.41) is 2.64. The lowest BCUT2D eigenvalue weighted by atomic mass is 10.1. The Morgan fingerprint density at radius 1 is 1.22 bits per heavy atom. The van der Waals surface area contributed by atoms with Crippen molar-refractivity contribution in [3.8, 4) is 0 Å². The number of rotatable bonds is 3. The standard InChI is InChI=1S/C14H23F2N3O2.2ClH/c15-14(16)7-12(17-10-14)13(20)19-4-2-18(3-5-19)8-11-1-6-21-9-11;;/h11-12,17H,1-10H2;2*1H. The number of hydrogen-bond donors (Lipinski definition) is 1. The van der Waals surface area contributed by atoms with Crippen LogP contribution in [0.25, 0.3) is 0 Å². The smallest absolute Gasteiger partial charge is 0.262 e. The molecule has 0 saturated carbocycles. The molecule has 3 aliphatic rings. The van der Waals surface area contributed by atoms with Crippen LogP contribution in [0.5, 0.6) is 0 Å². The highest BCUT2D eigenvalue weighted by atomic mass is 35.5. The molecule has 2 atom stereocenters. The molecule has 1 amide bonds. The molecule has 3 rings (SSSR count). The Labute approximate surface area is 147 Å². The first-order valence-electron chi connectivity index (χ1n) is 7.74. The maximum atomic E-state index is 13.2. The average molecular weight is 376 g/mol. The Hall–Kier alpha value is -0.210. The van der Waals surface area contributed by atoms with E-state index in [1.54, 1.807) is 4.90 Å². The summed E-state index contributed by atoms with van der Waals surface area (Å²) in [6, 6.07) is -0.713. The van der Waals surface area contributed by atoms with E-state index >= 15 is 0 Å². The Bertz CT molecular complexity index is 390. The highest BCUT2D eigenvalue weighted by molar-refractivity contribution is 5.85. The van der Waals surface area contributed by atoms with E-state index in [-0.39, 0.29) is 43.7 Å². The lowest BCUT2D eigenvalue weighted by Crippen LogP contribution is -2.53.